The predicted octanol–water partition coefficient (Wildman–Crippen LogP) is 3.71. The van der Waals surface area contributed by atoms with Gasteiger partial charge in [-0.3, -0.25) is 4.40 Å². The number of alkyl halides is 1. The Hall–Kier alpha value is -1.52. The van der Waals surface area contributed by atoms with Crippen LogP contribution < -0.4 is 4.74 Å². The molecule has 0 bridgehead atoms. The van der Waals surface area contributed by atoms with Crippen LogP contribution in [-0.4, -0.2) is 9.38 Å². The largest absolute Gasteiger partial charge is 0.487 e. The fraction of sp³-hybridized carbons (Fsp3) is 0.154. The number of fused-ring (bicyclic) bond motifs is 1. The van der Waals surface area contributed by atoms with Gasteiger partial charge in [-0.05, 0) is 17.7 Å². The standard InChI is InChI=1S/C13H11ClN2OS/c14-7-10-1-3-12(4-2-10)17-9-11-8-16-5-6-18-13(16)15-11/h1-6,8H,7,9H2. The van der Waals surface area contributed by atoms with Gasteiger partial charge in [0, 0.05) is 23.7 Å². The normalized spacial score (nSPS) is 10.9. The van der Waals surface area contributed by atoms with Crippen molar-refractivity contribution in [3.8, 4) is 5.75 Å². The molecule has 0 saturated heterocycles. The van der Waals surface area contributed by atoms with E-state index in [0.29, 0.717) is 12.5 Å². The second-order valence-corrected chi connectivity index (χ2v) is 5.03. The van der Waals surface area contributed by atoms with Crippen LogP contribution in [0.5, 0.6) is 5.75 Å². The first-order chi connectivity index (χ1) is 8.85. The van der Waals surface area contributed by atoms with E-state index in [1.165, 1.54) is 0 Å². The van der Waals surface area contributed by atoms with Crippen molar-refractivity contribution in [1.82, 2.24) is 9.38 Å². The van der Waals surface area contributed by atoms with Crippen LogP contribution in [0.15, 0.2) is 42.0 Å². The summed E-state index contributed by atoms with van der Waals surface area (Å²) in [5.74, 6) is 1.36. The molecule has 0 radical (unpaired) electrons. The molecule has 1 aromatic carbocycles. The summed E-state index contributed by atoms with van der Waals surface area (Å²) >= 11 is 7.35. The van der Waals surface area contributed by atoms with E-state index >= 15 is 0 Å². The fourth-order valence-electron chi connectivity index (χ4n) is 1.68. The number of nitrogens with zero attached hydrogens (tertiary/aromatic N) is 2. The quantitative estimate of drug-likeness (QED) is 0.680. The Bertz CT molecular complexity index is 616. The Morgan fingerprint density at radius 2 is 2.11 bits per heavy atom. The maximum absolute atomic E-state index is 5.73. The molecule has 92 valence electrons. The molecule has 3 nitrogen and oxygen atoms in total. The summed E-state index contributed by atoms with van der Waals surface area (Å²) in [5.41, 5.74) is 2.02. The molecular formula is C13H11ClN2OS. The summed E-state index contributed by atoms with van der Waals surface area (Å²) in [5, 5.41) is 2.01. The summed E-state index contributed by atoms with van der Waals surface area (Å²) in [7, 11) is 0. The highest BCUT2D eigenvalue weighted by atomic mass is 35.5. The molecule has 0 unspecified atom stereocenters. The Morgan fingerprint density at radius 1 is 1.28 bits per heavy atom. The van der Waals surface area contributed by atoms with Crippen molar-refractivity contribution in [3.05, 3.63) is 53.3 Å². The molecule has 2 aromatic heterocycles. The summed E-state index contributed by atoms with van der Waals surface area (Å²) in [4.78, 5) is 5.45. The van der Waals surface area contributed by atoms with Crippen LogP contribution >= 0.6 is 22.9 Å². The minimum atomic E-state index is 0.481. The number of halogens is 1. The molecule has 3 aromatic rings. The fourth-order valence-corrected chi connectivity index (χ4v) is 2.57. The minimum Gasteiger partial charge on any atom is -0.487 e. The summed E-state index contributed by atoms with van der Waals surface area (Å²) < 4.78 is 7.68. The lowest BCUT2D eigenvalue weighted by Crippen LogP contribution is -1.95. The van der Waals surface area contributed by atoms with Gasteiger partial charge in [-0.2, -0.15) is 0 Å². The summed E-state index contributed by atoms with van der Waals surface area (Å²) in [6, 6.07) is 7.79. The van der Waals surface area contributed by atoms with Gasteiger partial charge >= 0.3 is 0 Å². The van der Waals surface area contributed by atoms with E-state index < -0.39 is 0 Å². The zero-order chi connectivity index (χ0) is 12.4. The Labute approximate surface area is 114 Å². The van der Waals surface area contributed by atoms with Crippen molar-refractivity contribution in [2.24, 2.45) is 0 Å². The van der Waals surface area contributed by atoms with Gasteiger partial charge in [0.2, 0.25) is 0 Å². The van der Waals surface area contributed by atoms with Gasteiger partial charge in [0.1, 0.15) is 12.4 Å². The molecule has 0 aliphatic heterocycles. The summed E-state index contributed by atoms with van der Waals surface area (Å²) in [6.07, 6.45) is 3.98. The molecule has 0 atom stereocenters. The molecule has 5 heteroatoms. The Morgan fingerprint density at radius 3 is 2.83 bits per heavy atom. The maximum Gasteiger partial charge on any atom is 0.193 e. The van der Waals surface area contributed by atoms with Gasteiger partial charge in [-0.25, -0.2) is 4.98 Å². The van der Waals surface area contributed by atoms with Gasteiger partial charge in [0.25, 0.3) is 0 Å². The number of hydrogen-bond acceptors (Lipinski definition) is 3. The van der Waals surface area contributed by atoms with Crippen LogP contribution in [-0.2, 0) is 12.5 Å². The minimum absolute atomic E-state index is 0.481. The first kappa shape index (κ1) is 11.6. The molecule has 0 fully saturated rings. The van der Waals surface area contributed by atoms with Crippen LogP contribution in [0.2, 0.25) is 0 Å². The zero-order valence-electron chi connectivity index (χ0n) is 9.54. The first-order valence-electron chi connectivity index (χ1n) is 5.54. The van der Waals surface area contributed by atoms with E-state index in [9.17, 15) is 0 Å². The van der Waals surface area contributed by atoms with E-state index in [1.807, 2.05) is 46.4 Å². The van der Waals surface area contributed by atoms with Gasteiger partial charge in [-0.15, -0.1) is 22.9 Å². The van der Waals surface area contributed by atoms with Crippen molar-refractivity contribution in [2.75, 3.05) is 0 Å². The van der Waals surface area contributed by atoms with Crippen molar-refractivity contribution >= 4 is 27.9 Å². The number of hydrogen-bond donors (Lipinski definition) is 0. The molecule has 18 heavy (non-hydrogen) atoms. The van der Waals surface area contributed by atoms with Gasteiger partial charge in [-0.1, -0.05) is 12.1 Å². The highest BCUT2D eigenvalue weighted by Crippen LogP contribution is 2.16. The molecule has 0 N–H and O–H groups in total. The maximum atomic E-state index is 5.73. The third kappa shape index (κ3) is 2.35. The molecule has 3 rings (SSSR count). The van der Waals surface area contributed by atoms with E-state index in [4.69, 9.17) is 16.3 Å². The highest BCUT2D eigenvalue weighted by Gasteiger charge is 2.03. The van der Waals surface area contributed by atoms with Crippen LogP contribution in [0.3, 0.4) is 0 Å². The van der Waals surface area contributed by atoms with E-state index in [2.05, 4.69) is 4.98 Å². The average molecular weight is 279 g/mol. The Kier molecular flexibility index (Phi) is 3.21. The predicted molar refractivity (Wildman–Crippen MR) is 73.4 cm³/mol. The van der Waals surface area contributed by atoms with Crippen molar-refractivity contribution in [3.63, 3.8) is 0 Å². The zero-order valence-corrected chi connectivity index (χ0v) is 11.1. The molecular weight excluding hydrogens is 268 g/mol. The monoisotopic (exact) mass is 278 g/mol. The highest BCUT2D eigenvalue weighted by molar-refractivity contribution is 7.15. The third-order valence-corrected chi connectivity index (χ3v) is 3.69. The van der Waals surface area contributed by atoms with E-state index in [-0.39, 0.29) is 0 Å². The molecule has 0 spiro atoms. The van der Waals surface area contributed by atoms with Crippen molar-refractivity contribution < 1.29 is 4.74 Å². The number of imidazole rings is 1. The molecule has 2 heterocycles. The van der Waals surface area contributed by atoms with Crippen LogP contribution in [0.4, 0.5) is 0 Å². The Balaban J connectivity index is 1.68. The lowest BCUT2D eigenvalue weighted by molar-refractivity contribution is 0.302. The van der Waals surface area contributed by atoms with Crippen molar-refractivity contribution in [2.45, 2.75) is 12.5 Å². The summed E-state index contributed by atoms with van der Waals surface area (Å²) in [6.45, 7) is 0.481. The van der Waals surface area contributed by atoms with Crippen molar-refractivity contribution in [1.29, 1.82) is 0 Å². The second-order valence-electron chi connectivity index (χ2n) is 3.89. The molecule has 0 aliphatic rings. The number of benzene rings is 1. The van der Waals surface area contributed by atoms with Gasteiger partial charge in [0.15, 0.2) is 4.96 Å². The lowest BCUT2D eigenvalue weighted by atomic mass is 10.2. The lowest BCUT2D eigenvalue weighted by Gasteiger charge is -2.04. The molecule has 0 amide bonds. The molecule has 0 aliphatic carbocycles. The SMILES string of the molecule is ClCc1ccc(OCc2cn3ccsc3n2)cc1. The van der Waals surface area contributed by atoms with Crippen LogP contribution in [0.25, 0.3) is 4.96 Å². The van der Waals surface area contributed by atoms with E-state index in [1.54, 1.807) is 11.3 Å². The number of ether oxygens (including phenoxy) is 1. The number of thiazole rings is 1. The van der Waals surface area contributed by atoms with Crippen LogP contribution in [0, 0.1) is 0 Å². The first-order valence-corrected chi connectivity index (χ1v) is 6.95. The number of aromatic nitrogens is 2. The van der Waals surface area contributed by atoms with Gasteiger partial charge < -0.3 is 4.74 Å². The van der Waals surface area contributed by atoms with Gasteiger partial charge in [0.05, 0.1) is 5.69 Å². The average Bonchev–Trinajstić information content (AvgIpc) is 2.97. The second kappa shape index (κ2) is 5.00. The molecule has 0 saturated carbocycles. The topological polar surface area (TPSA) is 26.5 Å². The smallest absolute Gasteiger partial charge is 0.193 e. The van der Waals surface area contributed by atoms with Crippen LogP contribution in [0.1, 0.15) is 11.3 Å². The third-order valence-electron chi connectivity index (χ3n) is 2.61. The van der Waals surface area contributed by atoms with E-state index in [0.717, 1.165) is 22.0 Å². The number of rotatable bonds is 4.